The van der Waals surface area contributed by atoms with Crippen molar-refractivity contribution in [3.63, 3.8) is 0 Å². The third-order valence-electron chi connectivity index (χ3n) is 1.95. The van der Waals surface area contributed by atoms with Crippen molar-refractivity contribution in [2.24, 2.45) is 0 Å². The molecule has 0 aromatic heterocycles. The van der Waals surface area contributed by atoms with Gasteiger partial charge in [0.15, 0.2) is 0 Å². The minimum atomic E-state index is -5.75. The minimum absolute atomic E-state index is 0.286. The van der Waals surface area contributed by atoms with Gasteiger partial charge in [0.1, 0.15) is 11.9 Å². The van der Waals surface area contributed by atoms with Gasteiger partial charge in [-0.05, 0) is 19.1 Å². The van der Waals surface area contributed by atoms with E-state index in [9.17, 15) is 26.0 Å². The second-order valence-electron chi connectivity index (χ2n) is 3.30. The van der Waals surface area contributed by atoms with Crippen LogP contribution < -0.4 is 0 Å². The lowest BCUT2D eigenvalue weighted by Crippen LogP contribution is -2.26. The van der Waals surface area contributed by atoms with Gasteiger partial charge in [-0.25, -0.2) is 4.39 Å². The summed E-state index contributed by atoms with van der Waals surface area (Å²) in [6.07, 6.45) is -1.58. The van der Waals surface area contributed by atoms with Crippen LogP contribution in [0.1, 0.15) is 18.6 Å². The summed E-state index contributed by atoms with van der Waals surface area (Å²) in [7, 11) is -5.75. The molecule has 0 heterocycles. The zero-order valence-corrected chi connectivity index (χ0v) is 11.2. The average Bonchev–Trinajstić information content (AvgIpc) is 2.14. The van der Waals surface area contributed by atoms with E-state index in [-0.39, 0.29) is 5.56 Å². The van der Waals surface area contributed by atoms with Gasteiger partial charge in [0.05, 0.1) is 0 Å². The largest absolute Gasteiger partial charge is 0.523 e. The molecule has 0 fully saturated rings. The Bertz CT molecular complexity index is 541. The Labute approximate surface area is 109 Å². The molecule has 0 bridgehead atoms. The number of rotatable bonds is 3. The Morgan fingerprint density at radius 2 is 1.89 bits per heavy atom. The van der Waals surface area contributed by atoms with E-state index in [0.29, 0.717) is 4.47 Å². The first-order valence-corrected chi connectivity index (χ1v) is 6.69. The van der Waals surface area contributed by atoms with E-state index in [0.717, 1.165) is 19.1 Å². The highest BCUT2D eigenvalue weighted by Crippen LogP contribution is 2.31. The van der Waals surface area contributed by atoms with Crippen LogP contribution in [0, 0.1) is 5.82 Å². The lowest BCUT2D eigenvalue weighted by atomic mass is 10.1. The Balaban J connectivity index is 3.00. The summed E-state index contributed by atoms with van der Waals surface area (Å²) in [5.41, 5.74) is -5.82. The van der Waals surface area contributed by atoms with Gasteiger partial charge in [0.2, 0.25) is 0 Å². The van der Waals surface area contributed by atoms with E-state index in [4.69, 9.17) is 0 Å². The van der Waals surface area contributed by atoms with Crippen molar-refractivity contribution >= 4 is 26.0 Å². The molecule has 1 atom stereocenters. The summed E-state index contributed by atoms with van der Waals surface area (Å²) in [5, 5.41) is 0. The zero-order chi connectivity index (χ0) is 14.1. The van der Waals surface area contributed by atoms with E-state index in [1.165, 1.54) is 6.07 Å². The maximum atomic E-state index is 13.4. The van der Waals surface area contributed by atoms with Gasteiger partial charge >= 0.3 is 15.6 Å². The van der Waals surface area contributed by atoms with Gasteiger partial charge in [-0.1, -0.05) is 22.0 Å². The highest BCUT2D eigenvalue weighted by atomic mass is 79.9. The molecular formula is C9H7BrF4O3S. The van der Waals surface area contributed by atoms with Gasteiger partial charge in [0.25, 0.3) is 0 Å². The first kappa shape index (κ1) is 15.4. The van der Waals surface area contributed by atoms with E-state index in [1.807, 2.05) is 0 Å². The van der Waals surface area contributed by atoms with Crippen LogP contribution in [0.3, 0.4) is 0 Å². The van der Waals surface area contributed by atoms with Crippen LogP contribution >= 0.6 is 15.9 Å². The standard InChI is InChI=1S/C9H7BrF4O3S/c1-5(17-18(15,16)9(12,13)14)7-3-2-6(10)4-8(7)11/h2-5H,1H3. The summed E-state index contributed by atoms with van der Waals surface area (Å²) in [4.78, 5) is 0. The highest BCUT2D eigenvalue weighted by molar-refractivity contribution is 9.10. The third-order valence-corrected chi connectivity index (χ3v) is 3.56. The predicted octanol–water partition coefficient (Wildman–Crippen LogP) is 3.52. The Morgan fingerprint density at radius 3 is 2.33 bits per heavy atom. The molecule has 0 aliphatic carbocycles. The maximum absolute atomic E-state index is 13.4. The second kappa shape index (κ2) is 5.14. The molecular weight excluding hydrogens is 344 g/mol. The number of hydrogen-bond acceptors (Lipinski definition) is 3. The number of alkyl halides is 3. The molecule has 0 radical (unpaired) electrons. The first-order chi connectivity index (χ1) is 8.04. The van der Waals surface area contributed by atoms with Crippen molar-refractivity contribution < 1.29 is 30.2 Å². The molecule has 0 amide bonds. The molecule has 1 unspecified atom stereocenters. The summed E-state index contributed by atoms with van der Waals surface area (Å²) in [5.74, 6) is -0.866. The van der Waals surface area contributed by atoms with E-state index >= 15 is 0 Å². The van der Waals surface area contributed by atoms with E-state index in [2.05, 4.69) is 20.1 Å². The quantitative estimate of drug-likeness (QED) is 0.476. The van der Waals surface area contributed by atoms with Crippen LogP contribution in [-0.2, 0) is 14.3 Å². The van der Waals surface area contributed by atoms with Gasteiger partial charge < -0.3 is 0 Å². The maximum Gasteiger partial charge on any atom is 0.523 e. The molecule has 102 valence electrons. The topological polar surface area (TPSA) is 43.4 Å². The van der Waals surface area contributed by atoms with Crippen LogP contribution in [0.5, 0.6) is 0 Å². The van der Waals surface area contributed by atoms with Crippen LogP contribution in [-0.4, -0.2) is 13.9 Å². The number of halogens is 5. The van der Waals surface area contributed by atoms with Crippen molar-refractivity contribution in [3.8, 4) is 0 Å². The fourth-order valence-electron chi connectivity index (χ4n) is 1.13. The van der Waals surface area contributed by atoms with Crippen molar-refractivity contribution in [1.82, 2.24) is 0 Å². The summed E-state index contributed by atoms with van der Waals surface area (Å²) >= 11 is 2.96. The molecule has 1 aromatic rings. The molecule has 0 saturated carbocycles. The summed E-state index contributed by atoms with van der Waals surface area (Å²) in [6, 6.07) is 3.49. The predicted molar refractivity (Wildman–Crippen MR) is 58.6 cm³/mol. The van der Waals surface area contributed by atoms with Crippen molar-refractivity contribution in [2.75, 3.05) is 0 Å². The van der Waals surface area contributed by atoms with E-state index < -0.39 is 27.5 Å². The molecule has 0 aliphatic rings. The van der Waals surface area contributed by atoms with Crippen molar-refractivity contribution in [2.45, 2.75) is 18.5 Å². The second-order valence-corrected chi connectivity index (χ2v) is 5.78. The van der Waals surface area contributed by atoms with Gasteiger partial charge in [-0.2, -0.15) is 21.6 Å². The molecule has 3 nitrogen and oxygen atoms in total. The third kappa shape index (κ3) is 3.42. The molecule has 18 heavy (non-hydrogen) atoms. The molecule has 9 heteroatoms. The fraction of sp³-hybridized carbons (Fsp3) is 0.333. The number of benzene rings is 1. The lowest BCUT2D eigenvalue weighted by Gasteiger charge is -2.15. The normalized spacial score (nSPS) is 14.6. The molecule has 1 aromatic carbocycles. The van der Waals surface area contributed by atoms with Gasteiger partial charge in [-0.3, -0.25) is 4.18 Å². The Morgan fingerprint density at radius 1 is 1.33 bits per heavy atom. The molecule has 1 rings (SSSR count). The van der Waals surface area contributed by atoms with Crippen LogP contribution in [0.4, 0.5) is 17.6 Å². The average molecular weight is 351 g/mol. The van der Waals surface area contributed by atoms with Crippen LogP contribution in [0.25, 0.3) is 0 Å². The summed E-state index contributed by atoms with van der Waals surface area (Å²) < 4.78 is 75.3. The monoisotopic (exact) mass is 350 g/mol. The van der Waals surface area contributed by atoms with E-state index in [1.54, 1.807) is 0 Å². The first-order valence-electron chi connectivity index (χ1n) is 4.49. The zero-order valence-electron chi connectivity index (χ0n) is 8.83. The highest BCUT2D eigenvalue weighted by Gasteiger charge is 2.48. The van der Waals surface area contributed by atoms with Crippen molar-refractivity contribution in [3.05, 3.63) is 34.1 Å². The van der Waals surface area contributed by atoms with Crippen molar-refractivity contribution in [1.29, 1.82) is 0 Å². The van der Waals surface area contributed by atoms with Crippen LogP contribution in [0.15, 0.2) is 22.7 Å². The Hall–Kier alpha value is -0.670. The Kier molecular flexibility index (Phi) is 4.39. The molecule has 0 spiro atoms. The van der Waals surface area contributed by atoms with Gasteiger partial charge in [0, 0.05) is 10.0 Å². The molecule has 0 N–H and O–H groups in total. The molecule has 0 saturated heterocycles. The number of hydrogen-bond donors (Lipinski definition) is 0. The fourth-order valence-corrected chi connectivity index (χ4v) is 2.05. The molecule has 0 aliphatic heterocycles. The summed E-state index contributed by atoms with van der Waals surface area (Å²) in [6.45, 7) is 1.01. The smallest absolute Gasteiger partial charge is 0.255 e. The van der Waals surface area contributed by atoms with Gasteiger partial charge in [-0.15, -0.1) is 0 Å². The van der Waals surface area contributed by atoms with Crippen LogP contribution in [0.2, 0.25) is 0 Å². The minimum Gasteiger partial charge on any atom is -0.255 e. The SMILES string of the molecule is CC(OS(=O)(=O)C(F)(F)F)c1ccc(Br)cc1F. The lowest BCUT2D eigenvalue weighted by molar-refractivity contribution is -0.0570.